The summed E-state index contributed by atoms with van der Waals surface area (Å²) in [7, 11) is 1.79. The van der Waals surface area contributed by atoms with E-state index in [-0.39, 0.29) is 10.9 Å². The number of rotatable bonds is 6. The maximum atomic E-state index is 12.6. The van der Waals surface area contributed by atoms with E-state index < -0.39 is 5.91 Å². The first-order valence-corrected chi connectivity index (χ1v) is 10.0. The Hall–Kier alpha value is -4.18. The molecule has 1 amide bonds. The number of carbonyl (C=O) groups excluding carboxylic acids is 1. The van der Waals surface area contributed by atoms with Crippen LogP contribution in [0.15, 0.2) is 59.6 Å². The van der Waals surface area contributed by atoms with Crippen molar-refractivity contribution < 1.29 is 9.21 Å². The number of hydrogen-bond acceptors (Lipinski definition) is 7. The number of aromatic nitrogens is 6. The van der Waals surface area contributed by atoms with E-state index in [9.17, 15) is 4.79 Å². The molecule has 160 valence electrons. The van der Waals surface area contributed by atoms with E-state index in [0.717, 1.165) is 16.5 Å². The summed E-state index contributed by atoms with van der Waals surface area (Å²) in [4.78, 5) is 28.6. The average Bonchev–Trinajstić information content (AvgIpc) is 3.55. The summed E-state index contributed by atoms with van der Waals surface area (Å²) in [5, 5.41) is 11.3. The number of fused-ring (bicyclic) bond motifs is 1. The fraction of sp³-hybridized carbons (Fsp3) is 0.0952. The molecule has 3 N–H and O–H groups in total. The smallest absolute Gasteiger partial charge is 0.307 e. The van der Waals surface area contributed by atoms with E-state index in [1.165, 1.54) is 12.5 Å². The third kappa shape index (κ3) is 3.79. The predicted octanol–water partition coefficient (Wildman–Crippen LogP) is 3.67. The number of aromatic amines is 1. The van der Waals surface area contributed by atoms with Crippen molar-refractivity contribution in [2.45, 2.75) is 6.54 Å². The molecular weight excluding hydrogens is 432 g/mol. The number of benzene rings is 1. The third-order valence-electron chi connectivity index (χ3n) is 4.86. The average molecular weight is 449 g/mol. The summed E-state index contributed by atoms with van der Waals surface area (Å²) in [6.07, 6.45) is 6.30. The van der Waals surface area contributed by atoms with E-state index in [1.54, 1.807) is 24.0 Å². The summed E-state index contributed by atoms with van der Waals surface area (Å²) in [6, 6.07) is 9.64. The molecule has 5 aromatic rings. The van der Waals surface area contributed by atoms with Crippen molar-refractivity contribution in [1.29, 1.82) is 0 Å². The second-order valence-electron chi connectivity index (χ2n) is 6.93. The van der Waals surface area contributed by atoms with Gasteiger partial charge in [0.15, 0.2) is 0 Å². The van der Waals surface area contributed by atoms with Gasteiger partial charge in [0.05, 0.1) is 22.9 Å². The Labute approximate surface area is 186 Å². The minimum atomic E-state index is -0.446. The second kappa shape index (κ2) is 8.16. The molecule has 4 aromatic heterocycles. The summed E-state index contributed by atoms with van der Waals surface area (Å²) in [5.41, 5.74) is 2.59. The zero-order valence-electron chi connectivity index (χ0n) is 16.8. The SMILES string of the molecule is Cn1nccc1Nc1ncc(Cl)c(-c2coc(C(=O)NCc3cccc4cc[nH]c34)n2)n1. The number of nitrogens with zero attached hydrogens (tertiary/aromatic N) is 5. The van der Waals surface area contributed by atoms with Crippen LogP contribution in [0.2, 0.25) is 5.02 Å². The van der Waals surface area contributed by atoms with E-state index in [0.29, 0.717) is 29.7 Å². The van der Waals surface area contributed by atoms with Gasteiger partial charge in [0.1, 0.15) is 23.5 Å². The molecule has 4 heterocycles. The van der Waals surface area contributed by atoms with Gasteiger partial charge in [0, 0.05) is 25.9 Å². The lowest BCUT2D eigenvalue weighted by Crippen LogP contribution is -2.23. The highest BCUT2D eigenvalue weighted by molar-refractivity contribution is 6.32. The number of oxazole rings is 1. The van der Waals surface area contributed by atoms with Gasteiger partial charge >= 0.3 is 5.91 Å². The lowest BCUT2D eigenvalue weighted by atomic mass is 10.1. The van der Waals surface area contributed by atoms with E-state index >= 15 is 0 Å². The Morgan fingerprint density at radius 1 is 1.25 bits per heavy atom. The zero-order chi connectivity index (χ0) is 22.1. The minimum absolute atomic E-state index is 0.0884. The first kappa shape index (κ1) is 19.8. The van der Waals surface area contributed by atoms with Crippen LogP contribution in [0, 0.1) is 0 Å². The molecule has 0 aliphatic carbocycles. The first-order valence-electron chi connectivity index (χ1n) is 9.65. The number of nitrogens with one attached hydrogen (secondary N) is 3. The monoisotopic (exact) mass is 448 g/mol. The Bertz CT molecular complexity index is 1420. The summed E-state index contributed by atoms with van der Waals surface area (Å²) in [6.45, 7) is 0.321. The summed E-state index contributed by atoms with van der Waals surface area (Å²) < 4.78 is 7.02. The molecular formula is C21H17ClN8O2. The quantitative estimate of drug-likeness (QED) is 0.361. The highest BCUT2D eigenvalue weighted by Gasteiger charge is 2.18. The number of aryl methyl sites for hydroxylation is 1. The Morgan fingerprint density at radius 2 is 2.16 bits per heavy atom. The molecule has 0 aliphatic rings. The molecule has 1 aromatic carbocycles. The number of carbonyl (C=O) groups is 1. The lowest BCUT2D eigenvalue weighted by molar-refractivity contribution is 0.0916. The molecule has 0 atom stereocenters. The lowest BCUT2D eigenvalue weighted by Gasteiger charge is -2.06. The van der Waals surface area contributed by atoms with Crippen molar-refractivity contribution in [2.24, 2.45) is 7.05 Å². The van der Waals surface area contributed by atoms with Crippen LogP contribution in [0.3, 0.4) is 0 Å². The van der Waals surface area contributed by atoms with Crippen LogP contribution in [0.5, 0.6) is 0 Å². The fourth-order valence-electron chi connectivity index (χ4n) is 3.25. The molecule has 5 rings (SSSR count). The topological polar surface area (TPSA) is 127 Å². The van der Waals surface area contributed by atoms with Crippen molar-refractivity contribution in [3.8, 4) is 11.4 Å². The molecule has 32 heavy (non-hydrogen) atoms. The van der Waals surface area contributed by atoms with Crippen LogP contribution in [-0.4, -0.2) is 35.6 Å². The maximum absolute atomic E-state index is 12.6. The zero-order valence-corrected chi connectivity index (χ0v) is 17.6. The predicted molar refractivity (Wildman–Crippen MR) is 118 cm³/mol. The van der Waals surface area contributed by atoms with E-state index in [4.69, 9.17) is 16.0 Å². The molecule has 11 heteroatoms. The first-order chi connectivity index (χ1) is 15.6. The van der Waals surface area contributed by atoms with E-state index in [1.807, 2.05) is 30.5 Å². The van der Waals surface area contributed by atoms with Crippen LogP contribution >= 0.6 is 11.6 Å². The standard InChI is InChI=1S/C21H17ClN8O2/c1-30-16(6-8-26-30)28-21-25-10-14(22)18(29-21)15-11-32-20(27-15)19(31)24-9-13-4-2-3-12-5-7-23-17(12)13/h2-8,10-11,23H,9H2,1H3,(H,24,31)(H,25,28,29). The van der Waals surface area contributed by atoms with Crippen molar-refractivity contribution >= 4 is 40.2 Å². The third-order valence-corrected chi connectivity index (χ3v) is 5.14. The molecule has 0 aliphatic heterocycles. The van der Waals surface area contributed by atoms with Crippen molar-refractivity contribution in [3.63, 3.8) is 0 Å². The molecule has 0 fully saturated rings. The normalized spacial score (nSPS) is 11.1. The van der Waals surface area contributed by atoms with Crippen LogP contribution in [0.1, 0.15) is 16.2 Å². The summed E-state index contributed by atoms with van der Waals surface area (Å²) >= 11 is 6.26. The van der Waals surface area contributed by atoms with E-state index in [2.05, 4.69) is 35.7 Å². The van der Waals surface area contributed by atoms with Gasteiger partial charge < -0.3 is 20.0 Å². The van der Waals surface area contributed by atoms with Crippen LogP contribution < -0.4 is 10.6 Å². The fourth-order valence-corrected chi connectivity index (χ4v) is 3.44. The molecule has 0 saturated carbocycles. The molecule has 0 unspecified atom stereocenters. The maximum Gasteiger partial charge on any atom is 0.307 e. The molecule has 0 saturated heterocycles. The Morgan fingerprint density at radius 3 is 3.00 bits per heavy atom. The molecule has 10 nitrogen and oxygen atoms in total. The molecule has 0 bridgehead atoms. The van der Waals surface area contributed by atoms with Crippen molar-refractivity contribution in [2.75, 3.05) is 5.32 Å². The highest BCUT2D eigenvalue weighted by Crippen LogP contribution is 2.26. The number of amides is 1. The number of anilines is 2. The van der Waals surface area contributed by atoms with Crippen LogP contribution in [0.25, 0.3) is 22.3 Å². The van der Waals surface area contributed by atoms with Gasteiger partial charge in [-0.15, -0.1) is 0 Å². The van der Waals surface area contributed by atoms with Gasteiger partial charge in [-0.1, -0.05) is 29.8 Å². The minimum Gasteiger partial charge on any atom is -0.440 e. The van der Waals surface area contributed by atoms with Crippen molar-refractivity contribution in [3.05, 3.63) is 71.7 Å². The van der Waals surface area contributed by atoms with Gasteiger partial charge in [-0.05, 0) is 17.0 Å². The number of para-hydroxylation sites is 1. The summed E-state index contributed by atoms with van der Waals surface area (Å²) in [5.74, 6) is 0.476. The second-order valence-corrected chi connectivity index (χ2v) is 7.34. The van der Waals surface area contributed by atoms with Crippen LogP contribution in [0.4, 0.5) is 11.8 Å². The van der Waals surface area contributed by atoms with Gasteiger partial charge in [-0.25, -0.2) is 15.0 Å². The van der Waals surface area contributed by atoms with Crippen molar-refractivity contribution in [1.82, 2.24) is 35.0 Å². The molecule has 0 radical (unpaired) electrons. The van der Waals surface area contributed by atoms with Crippen LogP contribution in [-0.2, 0) is 13.6 Å². The Kier molecular flexibility index (Phi) is 5.04. The van der Waals surface area contributed by atoms with Gasteiger partial charge in [0.2, 0.25) is 5.95 Å². The largest absolute Gasteiger partial charge is 0.440 e. The number of H-pyrrole nitrogens is 1. The number of hydrogen-bond donors (Lipinski definition) is 3. The highest BCUT2D eigenvalue weighted by atomic mass is 35.5. The Balaban J connectivity index is 1.33. The van der Waals surface area contributed by atoms with Gasteiger partial charge in [-0.2, -0.15) is 5.10 Å². The van der Waals surface area contributed by atoms with Gasteiger partial charge in [0.25, 0.3) is 5.89 Å². The number of halogens is 1. The van der Waals surface area contributed by atoms with Gasteiger partial charge in [-0.3, -0.25) is 9.48 Å². The molecule has 0 spiro atoms.